The summed E-state index contributed by atoms with van der Waals surface area (Å²) in [5.41, 5.74) is 14.2. The van der Waals surface area contributed by atoms with Crippen LogP contribution in [-0.2, 0) is 0 Å². The Kier molecular flexibility index (Phi) is 6.12. The van der Waals surface area contributed by atoms with Gasteiger partial charge in [-0.15, -0.1) is 0 Å². The van der Waals surface area contributed by atoms with Gasteiger partial charge in [-0.1, -0.05) is 78.9 Å². The number of benzene rings is 5. The van der Waals surface area contributed by atoms with Crippen LogP contribution in [0.25, 0.3) is 88.4 Å². The zero-order valence-electron chi connectivity index (χ0n) is 27.7. The number of para-hydroxylation sites is 2. The number of anilines is 2. The number of pyridine rings is 3. The lowest BCUT2D eigenvalue weighted by atomic mass is 10.1. The number of hydrogen-bond donors (Lipinski definition) is 1. The van der Waals surface area contributed by atoms with Gasteiger partial charge in [0.05, 0.1) is 45.2 Å². The van der Waals surface area contributed by atoms with E-state index in [2.05, 4.69) is 142 Å². The molecule has 6 heterocycles. The van der Waals surface area contributed by atoms with Crippen LogP contribution in [0.5, 0.6) is 0 Å². The number of fused-ring (bicyclic) bond motifs is 11. The summed E-state index contributed by atoms with van der Waals surface area (Å²) >= 11 is 0. The van der Waals surface area contributed by atoms with Crippen LogP contribution >= 0.6 is 0 Å². The van der Waals surface area contributed by atoms with E-state index >= 15 is 0 Å². The molecule has 0 atom stereocenters. The molecule has 0 aliphatic carbocycles. The van der Waals surface area contributed by atoms with Gasteiger partial charge >= 0.3 is 0 Å². The van der Waals surface area contributed by atoms with E-state index in [1.807, 2.05) is 36.8 Å². The highest BCUT2D eigenvalue weighted by atomic mass is 16.3. The first-order valence-electron chi connectivity index (χ1n) is 17.3. The Morgan fingerprint density at radius 1 is 0.423 bits per heavy atom. The maximum Gasteiger partial charge on any atom is 0.167 e. The lowest BCUT2D eigenvalue weighted by molar-refractivity contribution is 0.675. The van der Waals surface area contributed by atoms with Crippen molar-refractivity contribution >= 4 is 77.3 Å². The molecule has 0 unspecified atom stereocenters. The molecule has 0 fully saturated rings. The lowest BCUT2D eigenvalue weighted by Gasteiger charge is -2.11. The Hall–Kier alpha value is -7.25. The molecule has 0 aliphatic rings. The smallest absolute Gasteiger partial charge is 0.167 e. The first-order valence-corrected chi connectivity index (χ1v) is 17.3. The molecule has 52 heavy (non-hydrogen) atoms. The fourth-order valence-electron chi connectivity index (χ4n) is 7.71. The van der Waals surface area contributed by atoms with Crippen LogP contribution in [-0.4, -0.2) is 24.1 Å². The van der Waals surface area contributed by atoms with Crippen LogP contribution in [0.15, 0.2) is 169 Å². The molecule has 5 aromatic carbocycles. The summed E-state index contributed by atoms with van der Waals surface area (Å²) in [5, 5.41) is 6.59. The quantitative estimate of drug-likeness (QED) is 0.198. The zero-order valence-corrected chi connectivity index (χ0v) is 27.7. The second-order valence-corrected chi connectivity index (χ2v) is 13.0. The van der Waals surface area contributed by atoms with Gasteiger partial charge in [0, 0.05) is 34.3 Å². The highest BCUT2D eigenvalue weighted by Crippen LogP contribution is 2.42. The van der Waals surface area contributed by atoms with Crippen molar-refractivity contribution in [3.8, 4) is 22.5 Å². The number of aromatic nitrogens is 5. The minimum absolute atomic E-state index is 0.684. The van der Waals surface area contributed by atoms with Crippen molar-refractivity contribution in [3.05, 3.63) is 164 Å². The second kappa shape index (κ2) is 11.1. The average Bonchev–Trinajstić information content (AvgIpc) is 3.87. The summed E-state index contributed by atoms with van der Waals surface area (Å²) in [6.07, 6.45) is 5.70. The molecule has 0 aliphatic heterocycles. The second-order valence-electron chi connectivity index (χ2n) is 13.0. The maximum atomic E-state index is 6.91. The molecule has 0 saturated heterocycles. The molecule has 0 saturated carbocycles. The molecule has 7 nitrogen and oxygen atoms in total. The fourth-order valence-corrected chi connectivity index (χ4v) is 7.71. The number of rotatable bonds is 5. The third kappa shape index (κ3) is 4.23. The third-order valence-electron chi connectivity index (χ3n) is 10.0. The van der Waals surface area contributed by atoms with Crippen molar-refractivity contribution in [1.29, 1.82) is 0 Å². The summed E-state index contributed by atoms with van der Waals surface area (Å²) in [6.45, 7) is 0. The largest absolute Gasteiger partial charge is 0.451 e. The number of nitrogens with zero attached hydrogens (tertiary/aromatic N) is 5. The molecular formula is C45H28N6O. The zero-order chi connectivity index (χ0) is 34.2. The predicted octanol–water partition coefficient (Wildman–Crippen LogP) is 11.4. The molecule has 11 rings (SSSR count). The Morgan fingerprint density at radius 2 is 0.981 bits per heavy atom. The summed E-state index contributed by atoms with van der Waals surface area (Å²) in [4.78, 5) is 14.9. The minimum atomic E-state index is 0.684. The molecule has 6 aromatic heterocycles. The van der Waals surface area contributed by atoms with Gasteiger partial charge in [-0.2, -0.15) is 0 Å². The molecule has 0 radical (unpaired) electrons. The molecule has 11 aromatic rings. The van der Waals surface area contributed by atoms with Gasteiger partial charge in [0.15, 0.2) is 11.2 Å². The van der Waals surface area contributed by atoms with Crippen LogP contribution in [0.1, 0.15) is 0 Å². The molecule has 244 valence electrons. The highest BCUT2D eigenvalue weighted by Gasteiger charge is 2.24. The number of nitrogens with one attached hydrogen (secondary N) is 1. The van der Waals surface area contributed by atoms with Crippen LogP contribution in [0.4, 0.5) is 11.4 Å². The van der Waals surface area contributed by atoms with E-state index in [4.69, 9.17) is 19.4 Å². The molecule has 1 N–H and O–H groups in total. The summed E-state index contributed by atoms with van der Waals surface area (Å²) < 4.78 is 11.4. The molecule has 0 bridgehead atoms. The fraction of sp³-hybridized carbons (Fsp3) is 0. The van der Waals surface area contributed by atoms with Crippen LogP contribution in [0, 0.1) is 0 Å². The van der Waals surface area contributed by atoms with Gasteiger partial charge in [-0.25, -0.2) is 9.97 Å². The minimum Gasteiger partial charge on any atom is -0.451 e. The Morgan fingerprint density at radius 3 is 1.73 bits per heavy atom. The Labute approximate surface area is 297 Å². The third-order valence-corrected chi connectivity index (χ3v) is 10.0. The van der Waals surface area contributed by atoms with Crippen LogP contribution in [0.3, 0.4) is 0 Å². The van der Waals surface area contributed by atoms with E-state index in [1.54, 1.807) is 0 Å². The topological polar surface area (TPSA) is 73.7 Å². The van der Waals surface area contributed by atoms with Crippen LogP contribution < -0.4 is 5.32 Å². The Bertz CT molecular complexity index is 3120. The first-order chi connectivity index (χ1) is 25.8. The van der Waals surface area contributed by atoms with Crippen molar-refractivity contribution in [1.82, 2.24) is 24.1 Å². The van der Waals surface area contributed by atoms with Gasteiger partial charge in [-0.05, 0) is 77.9 Å². The number of hydrogen-bond acceptors (Lipinski definition) is 5. The molecule has 7 heteroatoms. The SMILES string of the molecule is c1ccc(-c2ccc(Nc3ccc(-n4c5cccnc5c5c6oc7c(ncc8c7c7ccccc7n8-c7ccccc7)c6ncc54)cc3)cc2)cc1. The van der Waals surface area contributed by atoms with Crippen molar-refractivity contribution in [2.45, 2.75) is 0 Å². The average molecular weight is 669 g/mol. The van der Waals surface area contributed by atoms with Gasteiger partial charge in [0.2, 0.25) is 0 Å². The van der Waals surface area contributed by atoms with E-state index in [0.717, 1.165) is 83.1 Å². The Balaban J connectivity index is 1.05. The normalized spacial score (nSPS) is 11.8. The van der Waals surface area contributed by atoms with E-state index in [1.165, 1.54) is 11.1 Å². The predicted molar refractivity (Wildman–Crippen MR) is 211 cm³/mol. The van der Waals surface area contributed by atoms with Crippen molar-refractivity contribution in [2.24, 2.45) is 0 Å². The lowest BCUT2D eigenvalue weighted by Crippen LogP contribution is -1.96. The van der Waals surface area contributed by atoms with Gasteiger partial charge < -0.3 is 18.9 Å². The monoisotopic (exact) mass is 668 g/mol. The van der Waals surface area contributed by atoms with Crippen LogP contribution in [0.2, 0.25) is 0 Å². The summed E-state index contributed by atoms with van der Waals surface area (Å²) in [7, 11) is 0. The maximum absolute atomic E-state index is 6.91. The molecule has 0 amide bonds. The van der Waals surface area contributed by atoms with Crippen molar-refractivity contribution < 1.29 is 4.42 Å². The first kappa shape index (κ1) is 28.6. The van der Waals surface area contributed by atoms with Gasteiger partial charge in [-0.3, -0.25) is 4.98 Å². The van der Waals surface area contributed by atoms with Crippen molar-refractivity contribution in [3.63, 3.8) is 0 Å². The van der Waals surface area contributed by atoms with Crippen molar-refractivity contribution in [2.75, 3.05) is 5.32 Å². The van der Waals surface area contributed by atoms with E-state index in [0.29, 0.717) is 5.58 Å². The summed E-state index contributed by atoms with van der Waals surface area (Å²) in [6, 6.07) is 50.3. The van der Waals surface area contributed by atoms with E-state index < -0.39 is 0 Å². The molecule has 0 spiro atoms. The van der Waals surface area contributed by atoms with E-state index in [-0.39, 0.29) is 0 Å². The van der Waals surface area contributed by atoms with Gasteiger partial charge in [0.1, 0.15) is 16.6 Å². The highest BCUT2D eigenvalue weighted by molar-refractivity contribution is 6.26. The number of furan rings is 1. The standard InChI is InChI=1S/C45H28N6O/c1-3-10-28(11-4-1)29-17-19-30(20-18-29)49-31-21-23-33(24-22-31)51-36-16-9-25-46-41(36)40-38(51)27-48-43-42-44(52-45(40)43)39-34-14-7-8-15-35(34)50(37(39)26-47-42)32-12-5-2-6-13-32/h1-27,49H. The summed E-state index contributed by atoms with van der Waals surface area (Å²) in [5.74, 6) is 0. The molecular weight excluding hydrogens is 641 g/mol. The van der Waals surface area contributed by atoms with Gasteiger partial charge in [0.25, 0.3) is 0 Å². The van der Waals surface area contributed by atoms with E-state index in [9.17, 15) is 0 Å².